The summed E-state index contributed by atoms with van der Waals surface area (Å²) < 4.78 is 5.26. The number of carbonyl (C=O) groups is 1. The van der Waals surface area contributed by atoms with Crippen LogP contribution in [0.5, 0.6) is 0 Å². The second kappa shape index (κ2) is 5.72. The number of rotatable bonds is 3. The second-order valence-corrected chi connectivity index (χ2v) is 4.39. The Morgan fingerprint density at radius 2 is 2.41 bits per heavy atom. The zero-order chi connectivity index (χ0) is 12.1. The number of urea groups is 1. The summed E-state index contributed by atoms with van der Waals surface area (Å²) in [7, 11) is 0. The van der Waals surface area contributed by atoms with E-state index in [0.29, 0.717) is 18.5 Å². The molecule has 1 aromatic rings. The number of nitrogens with one attached hydrogen (secondary N) is 3. The Balaban J connectivity index is 1.70. The van der Waals surface area contributed by atoms with Crippen molar-refractivity contribution in [1.82, 2.24) is 10.6 Å². The molecular formula is C12H19N3O2. The molecule has 2 amide bonds. The number of anilines is 1. The van der Waals surface area contributed by atoms with Gasteiger partial charge >= 0.3 is 6.03 Å². The van der Waals surface area contributed by atoms with Gasteiger partial charge in [0.2, 0.25) is 5.88 Å². The number of piperidine rings is 1. The molecule has 1 fully saturated rings. The molecule has 1 aliphatic heterocycles. The van der Waals surface area contributed by atoms with Crippen LogP contribution in [0.3, 0.4) is 0 Å². The van der Waals surface area contributed by atoms with E-state index in [0.717, 1.165) is 18.7 Å². The molecule has 0 radical (unpaired) electrons. The summed E-state index contributed by atoms with van der Waals surface area (Å²) in [6.07, 6.45) is 3.59. The minimum absolute atomic E-state index is 0.216. The van der Waals surface area contributed by atoms with Gasteiger partial charge in [-0.3, -0.25) is 5.32 Å². The number of hydrogen-bond acceptors (Lipinski definition) is 3. The van der Waals surface area contributed by atoms with Crippen molar-refractivity contribution in [2.24, 2.45) is 0 Å². The summed E-state index contributed by atoms with van der Waals surface area (Å²) >= 11 is 0. The third-order valence-electron chi connectivity index (χ3n) is 2.90. The zero-order valence-electron chi connectivity index (χ0n) is 10.1. The fourth-order valence-corrected chi connectivity index (χ4v) is 1.97. The first-order valence-electron chi connectivity index (χ1n) is 6.09. The molecule has 3 N–H and O–H groups in total. The van der Waals surface area contributed by atoms with E-state index in [2.05, 4.69) is 16.0 Å². The first kappa shape index (κ1) is 12.0. The van der Waals surface area contributed by atoms with Crippen LogP contribution in [0.4, 0.5) is 10.7 Å². The molecule has 1 aromatic heterocycles. The van der Waals surface area contributed by atoms with Crippen molar-refractivity contribution in [3.63, 3.8) is 0 Å². The molecule has 0 spiro atoms. The number of hydrogen-bond donors (Lipinski definition) is 3. The van der Waals surface area contributed by atoms with Gasteiger partial charge < -0.3 is 15.1 Å². The summed E-state index contributed by atoms with van der Waals surface area (Å²) in [5.74, 6) is 1.27. The molecule has 1 unspecified atom stereocenters. The summed E-state index contributed by atoms with van der Waals surface area (Å²) in [4.78, 5) is 11.6. The van der Waals surface area contributed by atoms with Crippen LogP contribution < -0.4 is 16.0 Å². The van der Waals surface area contributed by atoms with Crippen LogP contribution in [0.25, 0.3) is 0 Å². The maximum Gasteiger partial charge on any atom is 0.321 e. The van der Waals surface area contributed by atoms with Crippen molar-refractivity contribution in [1.29, 1.82) is 0 Å². The third-order valence-corrected chi connectivity index (χ3v) is 2.90. The monoisotopic (exact) mass is 237 g/mol. The van der Waals surface area contributed by atoms with Gasteiger partial charge in [-0.25, -0.2) is 4.79 Å². The molecule has 1 aliphatic rings. The minimum Gasteiger partial charge on any atom is -0.446 e. The lowest BCUT2D eigenvalue weighted by Crippen LogP contribution is -2.44. The van der Waals surface area contributed by atoms with Crippen LogP contribution in [-0.2, 0) is 0 Å². The van der Waals surface area contributed by atoms with E-state index in [-0.39, 0.29) is 6.03 Å². The third kappa shape index (κ3) is 3.78. The Morgan fingerprint density at radius 1 is 1.53 bits per heavy atom. The molecule has 1 atom stereocenters. The van der Waals surface area contributed by atoms with Crippen molar-refractivity contribution < 1.29 is 9.21 Å². The van der Waals surface area contributed by atoms with Gasteiger partial charge in [0.25, 0.3) is 0 Å². The fraction of sp³-hybridized carbons (Fsp3) is 0.583. The highest BCUT2D eigenvalue weighted by molar-refractivity contribution is 5.87. The average molecular weight is 237 g/mol. The van der Waals surface area contributed by atoms with E-state index < -0.39 is 0 Å². The SMILES string of the molecule is Cc1ccc(NC(=O)NCC2CCCCN2)o1. The quantitative estimate of drug-likeness (QED) is 0.751. The van der Waals surface area contributed by atoms with E-state index in [1.54, 1.807) is 6.07 Å². The van der Waals surface area contributed by atoms with Gasteiger partial charge in [-0.2, -0.15) is 0 Å². The van der Waals surface area contributed by atoms with Crippen molar-refractivity contribution in [2.45, 2.75) is 32.2 Å². The second-order valence-electron chi connectivity index (χ2n) is 4.39. The topological polar surface area (TPSA) is 66.3 Å². The number of furan rings is 1. The average Bonchev–Trinajstić information content (AvgIpc) is 2.73. The number of amides is 2. The van der Waals surface area contributed by atoms with Crippen molar-refractivity contribution in [2.75, 3.05) is 18.4 Å². The summed E-state index contributed by atoms with van der Waals surface area (Å²) in [6, 6.07) is 3.74. The highest BCUT2D eigenvalue weighted by Gasteiger charge is 2.13. The van der Waals surface area contributed by atoms with Gasteiger partial charge in [0.15, 0.2) is 0 Å². The molecule has 0 bridgehead atoms. The molecule has 2 rings (SSSR count). The lowest BCUT2D eigenvalue weighted by atomic mass is 10.1. The predicted octanol–water partition coefficient (Wildman–Crippen LogP) is 1.85. The van der Waals surface area contributed by atoms with Gasteiger partial charge in [-0.15, -0.1) is 0 Å². The fourth-order valence-electron chi connectivity index (χ4n) is 1.97. The van der Waals surface area contributed by atoms with E-state index in [1.807, 2.05) is 13.0 Å². The Kier molecular flexibility index (Phi) is 4.03. The Bertz CT molecular complexity index is 370. The number of aryl methyl sites for hydroxylation is 1. The van der Waals surface area contributed by atoms with Crippen molar-refractivity contribution in [3.8, 4) is 0 Å². The first-order valence-corrected chi connectivity index (χ1v) is 6.09. The molecule has 0 aromatic carbocycles. The summed E-state index contributed by atoms with van der Waals surface area (Å²) in [5, 5.41) is 8.87. The first-order chi connectivity index (χ1) is 8.24. The lowest BCUT2D eigenvalue weighted by Gasteiger charge is -2.23. The predicted molar refractivity (Wildman–Crippen MR) is 66.1 cm³/mol. The van der Waals surface area contributed by atoms with Crippen LogP contribution in [-0.4, -0.2) is 25.2 Å². The zero-order valence-corrected chi connectivity index (χ0v) is 10.1. The van der Waals surface area contributed by atoms with Gasteiger partial charge in [0, 0.05) is 18.7 Å². The molecule has 0 aliphatic carbocycles. The summed E-state index contributed by atoms with van der Waals surface area (Å²) in [6.45, 7) is 3.55. The number of carbonyl (C=O) groups excluding carboxylic acids is 1. The molecular weight excluding hydrogens is 218 g/mol. The van der Waals surface area contributed by atoms with E-state index in [1.165, 1.54) is 12.8 Å². The highest BCUT2D eigenvalue weighted by atomic mass is 16.4. The molecule has 5 heteroatoms. The van der Waals surface area contributed by atoms with E-state index in [4.69, 9.17) is 4.42 Å². The Hall–Kier alpha value is -1.49. The maximum absolute atomic E-state index is 11.6. The van der Waals surface area contributed by atoms with Gasteiger partial charge in [-0.05, 0) is 32.4 Å². The van der Waals surface area contributed by atoms with Crippen LogP contribution in [0.2, 0.25) is 0 Å². The molecule has 2 heterocycles. The largest absolute Gasteiger partial charge is 0.446 e. The van der Waals surface area contributed by atoms with Crippen LogP contribution in [0.1, 0.15) is 25.0 Å². The molecule has 5 nitrogen and oxygen atoms in total. The van der Waals surface area contributed by atoms with Gasteiger partial charge in [-0.1, -0.05) is 6.42 Å². The van der Waals surface area contributed by atoms with E-state index in [9.17, 15) is 4.79 Å². The summed E-state index contributed by atoms with van der Waals surface area (Å²) in [5.41, 5.74) is 0. The molecule has 0 saturated carbocycles. The lowest BCUT2D eigenvalue weighted by molar-refractivity contribution is 0.249. The maximum atomic E-state index is 11.6. The Labute approximate surface area is 101 Å². The highest BCUT2D eigenvalue weighted by Crippen LogP contribution is 2.11. The molecule has 17 heavy (non-hydrogen) atoms. The van der Waals surface area contributed by atoms with Crippen molar-refractivity contribution >= 4 is 11.9 Å². The minimum atomic E-state index is -0.216. The molecule has 94 valence electrons. The van der Waals surface area contributed by atoms with Crippen molar-refractivity contribution in [3.05, 3.63) is 17.9 Å². The van der Waals surface area contributed by atoms with Crippen LogP contribution in [0, 0.1) is 6.92 Å². The van der Waals surface area contributed by atoms with Gasteiger partial charge in [0.05, 0.1) is 0 Å². The smallest absolute Gasteiger partial charge is 0.321 e. The van der Waals surface area contributed by atoms with Gasteiger partial charge in [0.1, 0.15) is 5.76 Å². The van der Waals surface area contributed by atoms with Crippen LogP contribution in [0.15, 0.2) is 16.5 Å². The molecule has 1 saturated heterocycles. The normalized spacial score (nSPS) is 19.9. The van der Waals surface area contributed by atoms with Crippen LogP contribution >= 0.6 is 0 Å². The standard InChI is InChI=1S/C12H19N3O2/c1-9-5-6-11(17-9)15-12(16)14-8-10-4-2-3-7-13-10/h5-6,10,13H,2-4,7-8H2,1H3,(H2,14,15,16). The van der Waals surface area contributed by atoms with E-state index >= 15 is 0 Å². The Morgan fingerprint density at radius 3 is 3.06 bits per heavy atom.